The van der Waals surface area contributed by atoms with E-state index in [1.54, 1.807) is 11.3 Å². The van der Waals surface area contributed by atoms with Crippen LogP contribution in [0.15, 0.2) is 23.0 Å². The Labute approximate surface area is 138 Å². The molecule has 1 amide bonds. The Morgan fingerprint density at radius 2 is 2.30 bits per heavy atom. The molecule has 2 fully saturated rings. The molecule has 5 rings (SSSR count). The molecule has 23 heavy (non-hydrogen) atoms. The number of imidazole rings is 1. The second-order valence-corrected chi connectivity index (χ2v) is 7.69. The highest BCUT2D eigenvalue weighted by molar-refractivity contribution is 7.08. The molecular weight excluding hydrogens is 310 g/mol. The van der Waals surface area contributed by atoms with E-state index >= 15 is 0 Å². The molecule has 4 heterocycles. The van der Waals surface area contributed by atoms with Crippen molar-refractivity contribution in [2.45, 2.75) is 38.0 Å². The van der Waals surface area contributed by atoms with Gasteiger partial charge in [0.25, 0.3) is 0 Å². The maximum Gasteiger partial charge on any atom is 0.225 e. The minimum atomic E-state index is -0.233. The fourth-order valence-electron chi connectivity index (χ4n) is 3.77. The predicted octanol–water partition coefficient (Wildman–Crippen LogP) is 2.52. The molecule has 2 aromatic heterocycles. The van der Waals surface area contributed by atoms with E-state index in [0.29, 0.717) is 18.4 Å². The van der Waals surface area contributed by atoms with E-state index in [-0.39, 0.29) is 5.60 Å². The zero-order valence-corrected chi connectivity index (χ0v) is 13.7. The van der Waals surface area contributed by atoms with Crippen LogP contribution in [0.5, 0.6) is 0 Å². The third-order valence-electron chi connectivity index (χ3n) is 5.26. The van der Waals surface area contributed by atoms with Crippen LogP contribution in [-0.2, 0) is 22.7 Å². The second-order valence-electron chi connectivity index (χ2n) is 6.91. The van der Waals surface area contributed by atoms with Gasteiger partial charge >= 0.3 is 0 Å². The number of aromatic nitrogens is 2. The van der Waals surface area contributed by atoms with Gasteiger partial charge in [-0.1, -0.05) is 0 Å². The lowest BCUT2D eigenvalue weighted by atomic mass is 10.0. The van der Waals surface area contributed by atoms with Gasteiger partial charge in [0.05, 0.1) is 25.0 Å². The van der Waals surface area contributed by atoms with Gasteiger partial charge in [0.2, 0.25) is 5.91 Å². The molecule has 6 heteroatoms. The maximum absolute atomic E-state index is 12.3. The first-order chi connectivity index (χ1) is 11.2. The Morgan fingerprint density at radius 3 is 3.09 bits per heavy atom. The fourth-order valence-corrected chi connectivity index (χ4v) is 4.42. The van der Waals surface area contributed by atoms with Crippen LogP contribution in [0, 0.1) is 5.92 Å². The number of nitrogens with zero attached hydrogens (tertiary/aromatic N) is 3. The van der Waals surface area contributed by atoms with Crippen LogP contribution in [0.2, 0.25) is 0 Å². The third kappa shape index (κ3) is 2.23. The van der Waals surface area contributed by atoms with Crippen molar-refractivity contribution in [2.75, 3.05) is 13.1 Å². The topological polar surface area (TPSA) is 47.4 Å². The van der Waals surface area contributed by atoms with Gasteiger partial charge in [0.15, 0.2) is 0 Å². The van der Waals surface area contributed by atoms with Crippen molar-refractivity contribution < 1.29 is 9.53 Å². The van der Waals surface area contributed by atoms with Crippen LogP contribution in [0.25, 0.3) is 11.3 Å². The van der Waals surface area contributed by atoms with Crippen LogP contribution in [-0.4, -0.2) is 39.0 Å². The Hall–Kier alpha value is -1.66. The van der Waals surface area contributed by atoms with Crippen LogP contribution >= 0.6 is 11.3 Å². The molecule has 1 spiro atoms. The van der Waals surface area contributed by atoms with E-state index in [9.17, 15) is 4.79 Å². The molecule has 5 nitrogen and oxygen atoms in total. The van der Waals surface area contributed by atoms with Gasteiger partial charge in [-0.25, -0.2) is 4.98 Å². The molecule has 2 aliphatic heterocycles. The number of thiophene rings is 1. The van der Waals surface area contributed by atoms with Crippen molar-refractivity contribution in [3.8, 4) is 11.3 Å². The lowest BCUT2D eigenvalue weighted by Crippen LogP contribution is -2.45. The predicted molar refractivity (Wildman–Crippen MR) is 87.0 cm³/mol. The summed E-state index contributed by atoms with van der Waals surface area (Å²) in [6, 6.07) is 2.13. The summed E-state index contributed by atoms with van der Waals surface area (Å²) < 4.78 is 8.48. The molecule has 1 saturated carbocycles. The highest BCUT2D eigenvalue weighted by Gasteiger charge is 2.46. The third-order valence-corrected chi connectivity index (χ3v) is 5.95. The van der Waals surface area contributed by atoms with E-state index < -0.39 is 0 Å². The first-order valence-electron chi connectivity index (χ1n) is 8.24. The van der Waals surface area contributed by atoms with Crippen molar-refractivity contribution >= 4 is 17.2 Å². The van der Waals surface area contributed by atoms with Gasteiger partial charge < -0.3 is 14.2 Å². The normalized spacial score (nSPS) is 26.7. The Morgan fingerprint density at radius 1 is 1.39 bits per heavy atom. The van der Waals surface area contributed by atoms with Crippen LogP contribution in [0.3, 0.4) is 0 Å². The summed E-state index contributed by atoms with van der Waals surface area (Å²) in [7, 11) is 0. The van der Waals surface area contributed by atoms with Crippen LogP contribution in [0.1, 0.15) is 25.1 Å². The quantitative estimate of drug-likeness (QED) is 0.850. The minimum Gasteiger partial charge on any atom is -0.363 e. The summed E-state index contributed by atoms with van der Waals surface area (Å²) in [6.07, 6.45) is 5.00. The number of carbonyl (C=O) groups excluding carboxylic acids is 1. The number of amides is 1. The average Bonchev–Trinajstić information content (AvgIpc) is 2.98. The smallest absolute Gasteiger partial charge is 0.225 e. The molecule has 0 radical (unpaired) electrons. The van der Waals surface area contributed by atoms with Gasteiger partial charge in [0.1, 0.15) is 18.0 Å². The molecule has 0 aromatic carbocycles. The Bertz CT molecular complexity index is 750. The molecule has 2 aromatic rings. The minimum absolute atomic E-state index is 0.233. The molecule has 3 aliphatic rings. The summed E-state index contributed by atoms with van der Waals surface area (Å²) in [6.45, 7) is 2.88. The van der Waals surface area contributed by atoms with E-state index in [0.717, 1.165) is 50.4 Å². The maximum atomic E-state index is 12.3. The van der Waals surface area contributed by atoms with Gasteiger partial charge in [-0.05, 0) is 30.7 Å². The van der Waals surface area contributed by atoms with E-state index in [2.05, 4.69) is 26.4 Å². The summed E-state index contributed by atoms with van der Waals surface area (Å²) in [4.78, 5) is 18.9. The van der Waals surface area contributed by atoms with E-state index in [1.807, 2.05) is 11.1 Å². The van der Waals surface area contributed by atoms with Crippen LogP contribution < -0.4 is 0 Å². The standard InChI is InChI=1S/C17H19N3O2S/c21-16(12-1-2-12)19-5-4-17(10-19)11-20-14(13-3-6-23-9-13)7-18-15(20)8-22-17/h3,6-7,9,12H,1-2,4-5,8,10-11H2/t17-/m0/s1. The molecular formula is C17H19N3O2S. The summed E-state index contributed by atoms with van der Waals surface area (Å²) in [5, 5.41) is 4.25. The van der Waals surface area contributed by atoms with Crippen molar-refractivity contribution in [3.63, 3.8) is 0 Å². The number of hydrogen-bond donors (Lipinski definition) is 0. The van der Waals surface area contributed by atoms with Gasteiger partial charge in [0, 0.05) is 23.4 Å². The van der Waals surface area contributed by atoms with Crippen molar-refractivity contribution in [3.05, 3.63) is 28.8 Å². The largest absolute Gasteiger partial charge is 0.363 e. The van der Waals surface area contributed by atoms with Crippen molar-refractivity contribution in [1.29, 1.82) is 0 Å². The Balaban J connectivity index is 1.42. The molecule has 1 atom stereocenters. The molecule has 1 aliphatic carbocycles. The van der Waals surface area contributed by atoms with E-state index in [4.69, 9.17) is 4.74 Å². The van der Waals surface area contributed by atoms with Gasteiger partial charge in [-0.2, -0.15) is 11.3 Å². The van der Waals surface area contributed by atoms with Crippen LogP contribution in [0.4, 0.5) is 0 Å². The summed E-state index contributed by atoms with van der Waals surface area (Å²) in [5.74, 6) is 1.61. The van der Waals surface area contributed by atoms with Gasteiger partial charge in [-0.15, -0.1) is 0 Å². The molecule has 1 saturated heterocycles. The lowest BCUT2D eigenvalue weighted by molar-refractivity contribution is -0.134. The van der Waals surface area contributed by atoms with Gasteiger partial charge in [-0.3, -0.25) is 4.79 Å². The fraction of sp³-hybridized carbons (Fsp3) is 0.529. The molecule has 0 N–H and O–H groups in total. The van der Waals surface area contributed by atoms with Crippen molar-refractivity contribution in [1.82, 2.24) is 14.5 Å². The number of likely N-dealkylation sites (tertiary alicyclic amines) is 1. The molecule has 0 unspecified atom stereocenters. The number of ether oxygens (including phenoxy) is 1. The summed E-state index contributed by atoms with van der Waals surface area (Å²) >= 11 is 1.70. The zero-order chi connectivity index (χ0) is 15.4. The van der Waals surface area contributed by atoms with E-state index in [1.165, 1.54) is 5.56 Å². The average molecular weight is 329 g/mol. The highest BCUT2D eigenvalue weighted by atomic mass is 32.1. The SMILES string of the molecule is O=C(C1CC1)N1CC[C@]2(C1)Cn1c(-c3ccsc3)cnc1CO2. The zero-order valence-electron chi connectivity index (χ0n) is 12.9. The number of carbonyl (C=O) groups is 1. The highest BCUT2D eigenvalue weighted by Crippen LogP contribution is 2.38. The molecule has 0 bridgehead atoms. The first-order valence-corrected chi connectivity index (χ1v) is 9.18. The Kier molecular flexibility index (Phi) is 2.94. The second kappa shape index (κ2) is 4.92. The lowest BCUT2D eigenvalue weighted by Gasteiger charge is -2.35. The summed E-state index contributed by atoms with van der Waals surface area (Å²) in [5.41, 5.74) is 2.15. The first kappa shape index (κ1) is 13.7. The number of hydrogen-bond acceptors (Lipinski definition) is 4. The number of fused-ring (bicyclic) bond motifs is 1. The molecule has 120 valence electrons. The number of rotatable bonds is 2. The van der Waals surface area contributed by atoms with Crippen molar-refractivity contribution in [2.24, 2.45) is 5.92 Å². The monoisotopic (exact) mass is 329 g/mol.